The molecule has 0 saturated carbocycles. The van der Waals surface area contributed by atoms with Gasteiger partial charge in [-0.1, -0.05) is 37.3 Å². The zero-order valence-electron chi connectivity index (χ0n) is 9.91. The molecule has 1 rings (SSSR count). The maximum absolute atomic E-state index is 12.8. The lowest BCUT2D eigenvalue weighted by Gasteiger charge is -2.22. The molecule has 2 nitrogen and oxygen atoms in total. The number of rotatable bonds is 4. The van der Waals surface area contributed by atoms with E-state index >= 15 is 0 Å². The largest absolute Gasteiger partial charge is 0.384 e. The highest BCUT2D eigenvalue weighted by molar-refractivity contribution is 5.32. The summed E-state index contributed by atoms with van der Waals surface area (Å²) in [7, 11) is 0. The highest BCUT2D eigenvalue weighted by Crippen LogP contribution is 2.26. The first-order chi connectivity index (χ1) is 8.12. The third-order valence-corrected chi connectivity index (χ3v) is 2.59. The van der Waals surface area contributed by atoms with E-state index in [4.69, 9.17) is 5.11 Å². The van der Waals surface area contributed by atoms with Gasteiger partial charge in [-0.05, 0) is 30.5 Å². The summed E-state index contributed by atoms with van der Waals surface area (Å²) in [5.74, 6) is 4.78. The summed E-state index contributed by atoms with van der Waals surface area (Å²) < 4.78 is 12.8. The van der Waals surface area contributed by atoms with Crippen LogP contribution in [0.3, 0.4) is 0 Å². The Kier molecular flexibility index (Phi) is 5.14. The molecule has 1 atom stereocenters. The van der Waals surface area contributed by atoms with E-state index in [9.17, 15) is 9.50 Å². The molecule has 92 valence electrons. The molecule has 0 radical (unpaired) electrons. The molecular weight excluding hydrogens is 219 g/mol. The number of aliphatic hydroxyl groups is 2. The lowest BCUT2D eigenvalue weighted by atomic mass is 9.89. The molecule has 0 fully saturated rings. The highest BCUT2D eigenvalue weighted by Gasteiger charge is 2.25. The molecule has 3 heteroatoms. The molecule has 0 aliphatic rings. The van der Waals surface area contributed by atoms with Gasteiger partial charge in [0, 0.05) is 0 Å². The second-order valence-electron chi connectivity index (χ2n) is 3.93. The number of hydrogen-bond donors (Lipinski definition) is 2. The predicted molar refractivity (Wildman–Crippen MR) is 64.7 cm³/mol. The summed E-state index contributed by atoms with van der Waals surface area (Å²) in [4.78, 5) is 0. The lowest BCUT2D eigenvalue weighted by Crippen LogP contribution is -2.23. The number of unbranched alkanes of at least 4 members (excludes halogenated alkanes) is 1. The van der Waals surface area contributed by atoms with Gasteiger partial charge in [0.15, 0.2) is 5.60 Å². The molecule has 0 bridgehead atoms. The van der Waals surface area contributed by atoms with Gasteiger partial charge in [-0.15, -0.1) is 0 Å². The Balaban J connectivity index is 3.00. The van der Waals surface area contributed by atoms with Crippen molar-refractivity contribution in [1.82, 2.24) is 0 Å². The van der Waals surface area contributed by atoms with E-state index in [-0.39, 0.29) is 12.4 Å². The van der Waals surface area contributed by atoms with Gasteiger partial charge >= 0.3 is 0 Å². The Hall–Kier alpha value is -1.37. The Morgan fingerprint density at radius 1 is 1.29 bits per heavy atom. The molecule has 2 N–H and O–H groups in total. The van der Waals surface area contributed by atoms with Crippen LogP contribution in [0.1, 0.15) is 31.7 Å². The molecule has 0 saturated heterocycles. The minimum absolute atomic E-state index is 0.296. The SMILES string of the molecule is CCCCC(O)(C#CCO)c1ccc(F)cc1. The number of hydrogen-bond acceptors (Lipinski definition) is 2. The fourth-order valence-corrected chi connectivity index (χ4v) is 1.62. The molecule has 1 unspecified atom stereocenters. The summed E-state index contributed by atoms with van der Waals surface area (Å²) >= 11 is 0. The van der Waals surface area contributed by atoms with Crippen LogP contribution in [0.15, 0.2) is 24.3 Å². The van der Waals surface area contributed by atoms with E-state index in [0.717, 1.165) is 12.8 Å². The molecular formula is C14H17FO2. The van der Waals surface area contributed by atoms with Crippen LogP contribution in [0.5, 0.6) is 0 Å². The van der Waals surface area contributed by atoms with E-state index in [1.807, 2.05) is 6.92 Å². The molecule has 17 heavy (non-hydrogen) atoms. The maximum Gasteiger partial charge on any atom is 0.151 e. The van der Waals surface area contributed by atoms with Gasteiger partial charge < -0.3 is 10.2 Å². The van der Waals surface area contributed by atoms with Crippen molar-refractivity contribution in [2.75, 3.05) is 6.61 Å². The second-order valence-corrected chi connectivity index (χ2v) is 3.93. The van der Waals surface area contributed by atoms with Crippen LogP contribution < -0.4 is 0 Å². The van der Waals surface area contributed by atoms with Gasteiger partial charge in [-0.3, -0.25) is 0 Å². The summed E-state index contributed by atoms with van der Waals surface area (Å²) in [6.07, 6.45) is 2.22. The summed E-state index contributed by atoms with van der Waals surface area (Å²) in [5.41, 5.74) is -0.736. The fourth-order valence-electron chi connectivity index (χ4n) is 1.62. The molecule has 0 aliphatic heterocycles. The van der Waals surface area contributed by atoms with E-state index in [0.29, 0.717) is 12.0 Å². The first kappa shape index (κ1) is 13.7. The number of benzene rings is 1. The zero-order chi connectivity index (χ0) is 12.7. The third kappa shape index (κ3) is 3.85. The van der Waals surface area contributed by atoms with Crippen molar-refractivity contribution >= 4 is 0 Å². The van der Waals surface area contributed by atoms with Crippen molar-refractivity contribution in [3.63, 3.8) is 0 Å². The second kappa shape index (κ2) is 6.39. The van der Waals surface area contributed by atoms with E-state index in [2.05, 4.69) is 11.8 Å². The summed E-state index contributed by atoms with van der Waals surface area (Å²) in [6.45, 7) is 1.72. The monoisotopic (exact) mass is 236 g/mol. The lowest BCUT2D eigenvalue weighted by molar-refractivity contribution is 0.0872. The Labute approximate surface area is 101 Å². The standard InChI is InChI=1S/C14H17FO2/c1-2-3-9-14(17,10-4-11-16)12-5-7-13(15)8-6-12/h5-8,16-17H,2-3,9,11H2,1H3. The first-order valence-corrected chi connectivity index (χ1v) is 5.71. The van der Waals surface area contributed by atoms with Gasteiger partial charge in [0.2, 0.25) is 0 Å². The van der Waals surface area contributed by atoms with Crippen LogP contribution in [-0.2, 0) is 5.60 Å². The number of halogens is 1. The van der Waals surface area contributed by atoms with Gasteiger partial charge in [0.1, 0.15) is 12.4 Å². The summed E-state index contributed by atoms with van der Waals surface area (Å²) in [6, 6.07) is 5.65. The van der Waals surface area contributed by atoms with E-state index in [1.165, 1.54) is 24.3 Å². The first-order valence-electron chi connectivity index (χ1n) is 5.71. The predicted octanol–water partition coefficient (Wildman–Crippen LogP) is 2.20. The van der Waals surface area contributed by atoms with Gasteiger partial charge in [-0.25, -0.2) is 4.39 Å². The van der Waals surface area contributed by atoms with E-state index < -0.39 is 5.60 Å². The average Bonchev–Trinajstić information content (AvgIpc) is 2.34. The number of aliphatic hydroxyl groups excluding tert-OH is 1. The van der Waals surface area contributed by atoms with Crippen molar-refractivity contribution in [2.24, 2.45) is 0 Å². The smallest absolute Gasteiger partial charge is 0.151 e. The average molecular weight is 236 g/mol. The zero-order valence-corrected chi connectivity index (χ0v) is 9.91. The highest BCUT2D eigenvalue weighted by atomic mass is 19.1. The van der Waals surface area contributed by atoms with Crippen LogP contribution in [0.2, 0.25) is 0 Å². The normalized spacial score (nSPS) is 13.6. The van der Waals surface area contributed by atoms with Crippen LogP contribution >= 0.6 is 0 Å². The van der Waals surface area contributed by atoms with Gasteiger partial charge in [-0.2, -0.15) is 0 Å². The molecule has 0 aliphatic carbocycles. The Bertz CT molecular complexity index is 402. The minimum atomic E-state index is -1.30. The van der Waals surface area contributed by atoms with Crippen molar-refractivity contribution in [2.45, 2.75) is 31.8 Å². The molecule has 0 aromatic heterocycles. The third-order valence-electron chi connectivity index (χ3n) is 2.59. The minimum Gasteiger partial charge on any atom is -0.384 e. The Morgan fingerprint density at radius 3 is 2.47 bits per heavy atom. The van der Waals surface area contributed by atoms with Crippen molar-refractivity contribution in [3.8, 4) is 11.8 Å². The fraction of sp³-hybridized carbons (Fsp3) is 0.429. The van der Waals surface area contributed by atoms with Crippen molar-refractivity contribution in [3.05, 3.63) is 35.6 Å². The van der Waals surface area contributed by atoms with Crippen LogP contribution in [0.25, 0.3) is 0 Å². The molecule has 0 heterocycles. The van der Waals surface area contributed by atoms with Crippen molar-refractivity contribution in [1.29, 1.82) is 0 Å². The molecule has 0 spiro atoms. The van der Waals surface area contributed by atoms with Crippen LogP contribution in [-0.4, -0.2) is 16.8 Å². The van der Waals surface area contributed by atoms with E-state index in [1.54, 1.807) is 0 Å². The van der Waals surface area contributed by atoms with Crippen LogP contribution in [0, 0.1) is 17.7 Å². The molecule has 1 aromatic rings. The maximum atomic E-state index is 12.8. The van der Waals surface area contributed by atoms with Gasteiger partial charge in [0.25, 0.3) is 0 Å². The van der Waals surface area contributed by atoms with Crippen molar-refractivity contribution < 1.29 is 14.6 Å². The Morgan fingerprint density at radius 2 is 1.94 bits per heavy atom. The molecule has 1 aromatic carbocycles. The summed E-state index contributed by atoms with van der Waals surface area (Å²) in [5, 5.41) is 19.1. The molecule has 0 amide bonds. The topological polar surface area (TPSA) is 40.5 Å². The van der Waals surface area contributed by atoms with Gasteiger partial charge in [0.05, 0.1) is 0 Å². The quantitative estimate of drug-likeness (QED) is 0.787. The van der Waals surface area contributed by atoms with Crippen LogP contribution in [0.4, 0.5) is 4.39 Å².